The van der Waals surface area contributed by atoms with Gasteiger partial charge in [-0.15, -0.1) is 0 Å². The minimum atomic E-state index is -0.335. The minimum Gasteiger partial charge on any atom is -0.497 e. The normalized spacial score (nSPS) is 21.2. The van der Waals surface area contributed by atoms with Gasteiger partial charge in [-0.05, 0) is 23.3 Å². The van der Waals surface area contributed by atoms with E-state index in [0.29, 0.717) is 5.57 Å². The topological polar surface area (TPSA) is 35.5 Å². The number of rotatable bonds is 3. The maximum Gasteiger partial charge on any atom is 0.334 e. The lowest BCUT2D eigenvalue weighted by Gasteiger charge is -2.18. The molecule has 0 spiro atoms. The van der Waals surface area contributed by atoms with E-state index in [1.807, 2.05) is 54.6 Å². The van der Waals surface area contributed by atoms with Gasteiger partial charge in [0, 0.05) is 5.57 Å². The van der Waals surface area contributed by atoms with Crippen LogP contribution in [0.15, 0.2) is 66.7 Å². The molecule has 2 atom stereocenters. The average molecular weight is 280 g/mol. The summed E-state index contributed by atoms with van der Waals surface area (Å²) in [6, 6.07) is 17.4. The van der Waals surface area contributed by atoms with E-state index in [0.717, 1.165) is 16.9 Å². The van der Waals surface area contributed by atoms with Gasteiger partial charge in [-0.2, -0.15) is 0 Å². The van der Waals surface area contributed by atoms with Crippen LogP contribution in [0.4, 0.5) is 0 Å². The van der Waals surface area contributed by atoms with E-state index in [-0.39, 0.29) is 18.0 Å². The van der Waals surface area contributed by atoms with Crippen LogP contribution in [-0.4, -0.2) is 13.1 Å². The van der Waals surface area contributed by atoms with Crippen LogP contribution in [0.3, 0.4) is 0 Å². The van der Waals surface area contributed by atoms with E-state index in [1.54, 1.807) is 7.11 Å². The van der Waals surface area contributed by atoms with Gasteiger partial charge in [0.25, 0.3) is 0 Å². The molecule has 0 bridgehead atoms. The first-order chi connectivity index (χ1) is 10.2. The van der Waals surface area contributed by atoms with Crippen molar-refractivity contribution in [2.24, 2.45) is 0 Å². The van der Waals surface area contributed by atoms with Crippen molar-refractivity contribution in [3.05, 3.63) is 77.9 Å². The fraction of sp³-hybridized carbons (Fsp3) is 0.167. The lowest BCUT2D eigenvalue weighted by Crippen LogP contribution is -2.07. The van der Waals surface area contributed by atoms with Crippen molar-refractivity contribution in [2.75, 3.05) is 7.11 Å². The molecule has 0 saturated carbocycles. The highest BCUT2D eigenvalue weighted by Gasteiger charge is 2.40. The van der Waals surface area contributed by atoms with Crippen molar-refractivity contribution in [3.63, 3.8) is 0 Å². The number of cyclic esters (lactones) is 1. The molecule has 0 N–H and O–H groups in total. The zero-order chi connectivity index (χ0) is 14.8. The molecule has 3 nitrogen and oxygen atoms in total. The van der Waals surface area contributed by atoms with Crippen molar-refractivity contribution in [1.82, 2.24) is 0 Å². The largest absolute Gasteiger partial charge is 0.497 e. The molecule has 1 heterocycles. The first kappa shape index (κ1) is 13.4. The van der Waals surface area contributed by atoms with Gasteiger partial charge in [0.2, 0.25) is 0 Å². The number of benzene rings is 2. The first-order valence-electron chi connectivity index (χ1n) is 6.79. The highest BCUT2D eigenvalue weighted by Crippen LogP contribution is 2.45. The molecule has 1 fully saturated rings. The van der Waals surface area contributed by atoms with E-state index in [4.69, 9.17) is 9.47 Å². The van der Waals surface area contributed by atoms with Crippen molar-refractivity contribution in [3.8, 4) is 5.75 Å². The molecule has 1 aliphatic heterocycles. The summed E-state index contributed by atoms with van der Waals surface area (Å²) < 4.78 is 10.7. The summed E-state index contributed by atoms with van der Waals surface area (Å²) in [5.74, 6) is 0.301. The predicted octanol–water partition coefficient (Wildman–Crippen LogP) is 3.63. The number of ether oxygens (including phenoxy) is 2. The molecular weight excluding hydrogens is 264 g/mol. The van der Waals surface area contributed by atoms with E-state index in [2.05, 4.69) is 6.58 Å². The second-order valence-corrected chi connectivity index (χ2v) is 5.01. The monoisotopic (exact) mass is 280 g/mol. The Morgan fingerprint density at radius 2 is 1.67 bits per heavy atom. The smallest absolute Gasteiger partial charge is 0.334 e. The van der Waals surface area contributed by atoms with Gasteiger partial charge in [0.15, 0.2) is 0 Å². The maximum absolute atomic E-state index is 11.9. The quantitative estimate of drug-likeness (QED) is 0.636. The molecule has 0 aliphatic carbocycles. The van der Waals surface area contributed by atoms with Gasteiger partial charge in [0.05, 0.1) is 13.0 Å². The van der Waals surface area contributed by atoms with Gasteiger partial charge in [-0.25, -0.2) is 4.79 Å². The number of esters is 1. The lowest BCUT2D eigenvalue weighted by molar-refractivity contribution is -0.139. The molecule has 0 amide bonds. The van der Waals surface area contributed by atoms with Crippen molar-refractivity contribution < 1.29 is 14.3 Å². The molecule has 106 valence electrons. The fourth-order valence-electron chi connectivity index (χ4n) is 2.66. The summed E-state index contributed by atoms with van der Waals surface area (Å²) in [5.41, 5.74) is 2.48. The lowest BCUT2D eigenvalue weighted by atomic mass is 9.86. The van der Waals surface area contributed by atoms with Crippen LogP contribution in [0, 0.1) is 0 Å². The second kappa shape index (κ2) is 5.44. The van der Waals surface area contributed by atoms with Crippen molar-refractivity contribution in [1.29, 1.82) is 0 Å². The number of hydrogen-bond acceptors (Lipinski definition) is 3. The summed E-state index contributed by atoms with van der Waals surface area (Å²) in [6.45, 7) is 3.90. The van der Waals surface area contributed by atoms with Gasteiger partial charge in [-0.1, -0.05) is 49.0 Å². The van der Waals surface area contributed by atoms with Crippen LogP contribution in [0.1, 0.15) is 23.1 Å². The summed E-state index contributed by atoms with van der Waals surface area (Å²) in [6.07, 6.45) is -0.335. The average Bonchev–Trinajstić information content (AvgIpc) is 2.84. The Bertz CT molecular complexity index is 659. The predicted molar refractivity (Wildman–Crippen MR) is 80.2 cm³/mol. The van der Waals surface area contributed by atoms with Gasteiger partial charge < -0.3 is 9.47 Å². The maximum atomic E-state index is 11.9. The van der Waals surface area contributed by atoms with Crippen LogP contribution >= 0.6 is 0 Å². The molecule has 21 heavy (non-hydrogen) atoms. The van der Waals surface area contributed by atoms with Crippen LogP contribution in [-0.2, 0) is 9.53 Å². The SMILES string of the molecule is C=C1C(=O)OC(c2ccc(OC)cc2)C1c1ccccc1. The molecule has 1 saturated heterocycles. The Morgan fingerprint density at radius 3 is 2.29 bits per heavy atom. The van der Waals surface area contributed by atoms with E-state index >= 15 is 0 Å². The third-order valence-electron chi connectivity index (χ3n) is 3.78. The number of carbonyl (C=O) groups is 1. The summed E-state index contributed by atoms with van der Waals surface area (Å²) in [5, 5.41) is 0. The Labute approximate surface area is 123 Å². The van der Waals surface area contributed by atoms with Crippen molar-refractivity contribution in [2.45, 2.75) is 12.0 Å². The highest BCUT2D eigenvalue weighted by molar-refractivity contribution is 5.92. The molecule has 2 aromatic carbocycles. The third-order valence-corrected chi connectivity index (χ3v) is 3.78. The Morgan fingerprint density at radius 1 is 1.00 bits per heavy atom. The zero-order valence-electron chi connectivity index (χ0n) is 11.8. The van der Waals surface area contributed by atoms with E-state index in [1.165, 1.54) is 0 Å². The van der Waals surface area contributed by atoms with E-state index in [9.17, 15) is 4.79 Å². The van der Waals surface area contributed by atoms with Crippen LogP contribution in [0.2, 0.25) is 0 Å². The molecule has 2 aromatic rings. The van der Waals surface area contributed by atoms with E-state index < -0.39 is 0 Å². The fourth-order valence-corrected chi connectivity index (χ4v) is 2.66. The number of hydrogen-bond donors (Lipinski definition) is 0. The zero-order valence-corrected chi connectivity index (χ0v) is 11.8. The molecular formula is C18H16O3. The summed E-state index contributed by atoms with van der Waals surface area (Å²) in [7, 11) is 1.62. The Kier molecular flexibility index (Phi) is 3.48. The van der Waals surface area contributed by atoms with Gasteiger partial charge in [-0.3, -0.25) is 0 Å². The third kappa shape index (κ3) is 2.42. The van der Waals surface area contributed by atoms with Crippen LogP contribution in [0.5, 0.6) is 5.75 Å². The molecule has 2 unspecified atom stereocenters. The first-order valence-corrected chi connectivity index (χ1v) is 6.79. The summed E-state index contributed by atoms with van der Waals surface area (Å²) in [4.78, 5) is 11.9. The number of methoxy groups -OCH3 is 1. The number of carbonyl (C=O) groups excluding carboxylic acids is 1. The molecule has 0 radical (unpaired) electrons. The van der Waals surface area contributed by atoms with Crippen molar-refractivity contribution >= 4 is 5.97 Å². The summed E-state index contributed by atoms with van der Waals surface area (Å²) >= 11 is 0. The molecule has 3 heteroatoms. The minimum absolute atomic E-state index is 0.146. The Hall–Kier alpha value is -2.55. The second-order valence-electron chi connectivity index (χ2n) is 5.01. The molecule has 1 aliphatic rings. The van der Waals surface area contributed by atoms with Crippen LogP contribution < -0.4 is 4.74 Å². The van der Waals surface area contributed by atoms with Crippen LogP contribution in [0.25, 0.3) is 0 Å². The Balaban J connectivity index is 1.99. The standard InChI is InChI=1S/C18H16O3/c1-12-16(13-6-4-3-5-7-13)17(21-18(12)19)14-8-10-15(20-2)11-9-14/h3-11,16-17H,1H2,2H3. The molecule has 3 rings (SSSR count). The van der Waals surface area contributed by atoms with Gasteiger partial charge >= 0.3 is 5.97 Å². The van der Waals surface area contributed by atoms with Gasteiger partial charge in [0.1, 0.15) is 11.9 Å². The molecule has 0 aromatic heterocycles. The highest BCUT2D eigenvalue weighted by atomic mass is 16.6.